The van der Waals surface area contributed by atoms with Gasteiger partial charge in [-0.1, -0.05) is 0 Å². The maximum atomic E-state index is 10.9. The predicted octanol–water partition coefficient (Wildman–Crippen LogP) is 2.40. The van der Waals surface area contributed by atoms with Gasteiger partial charge < -0.3 is 9.59 Å². The second-order valence-electron chi connectivity index (χ2n) is 4.41. The number of carbonyl (C=O) groups excluding carboxylic acids is 2. The van der Waals surface area contributed by atoms with Crippen molar-refractivity contribution in [2.45, 2.75) is 39.5 Å². The molecule has 0 aliphatic heterocycles. The molecule has 0 aromatic heterocycles. The molecule has 0 aliphatic rings. The standard InChI is InChI=1S/C15H16NO2/c1-11(17)3-5-13-6-8-14(7-4-12(2)18)15(9-13)10-16/h8-9H,3-5,7H2,1-2H3. The topological polar surface area (TPSA) is 57.9 Å². The highest BCUT2D eigenvalue weighted by Gasteiger charge is 2.06. The Bertz CT molecular complexity index is 498. The van der Waals surface area contributed by atoms with Crippen LogP contribution in [0, 0.1) is 17.4 Å². The predicted molar refractivity (Wildman–Crippen MR) is 68.0 cm³/mol. The maximum Gasteiger partial charge on any atom is 0.130 e. The molecule has 0 unspecified atom stereocenters. The number of ketones is 2. The highest BCUT2D eigenvalue weighted by molar-refractivity contribution is 5.76. The number of carbonyl (C=O) groups is 2. The van der Waals surface area contributed by atoms with Gasteiger partial charge in [0.1, 0.15) is 11.6 Å². The SMILES string of the molecule is CC(=O)CCc1[c]cc(CCC(C)=O)c(C#N)c1. The summed E-state index contributed by atoms with van der Waals surface area (Å²) in [4.78, 5) is 21.8. The van der Waals surface area contributed by atoms with Crippen LogP contribution >= 0.6 is 0 Å². The fraction of sp³-hybridized carbons (Fsp3) is 0.400. The van der Waals surface area contributed by atoms with Crippen molar-refractivity contribution in [1.82, 2.24) is 0 Å². The Kier molecular flexibility index (Phi) is 5.26. The Morgan fingerprint density at radius 2 is 1.83 bits per heavy atom. The molecule has 3 heteroatoms. The van der Waals surface area contributed by atoms with Gasteiger partial charge in [0.2, 0.25) is 0 Å². The summed E-state index contributed by atoms with van der Waals surface area (Å²) in [5.74, 6) is 0.238. The molecule has 0 spiro atoms. The molecule has 0 aliphatic carbocycles. The molecule has 0 amide bonds. The first-order chi connectivity index (χ1) is 8.52. The van der Waals surface area contributed by atoms with E-state index in [0.29, 0.717) is 31.2 Å². The van der Waals surface area contributed by atoms with Crippen LogP contribution in [0.4, 0.5) is 0 Å². The van der Waals surface area contributed by atoms with Gasteiger partial charge in [-0.05, 0) is 56.0 Å². The number of hydrogen-bond donors (Lipinski definition) is 0. The first kappa shape index (κ1) is 14.1. The number of rotatable bonds is 6. The van der Waals surface area contributed by atoms with Crippen LogP contribution in [0.3, 0.4) is 0 Å². The molecule has 0 saturated heterocycles. The third-order valence-corrected chi connectivity index (χ3v) is 2.71. The minimum absolute atomic E-state index is 0.111. The lowest BCUT2D eigenvalue weighted by Gasteiger charge is -2.05. The van der Waals surface area contributed by atoms with Gasteiger partial charge in [-0.2, -0.15) is 5.26 Å². The van der Waals surface area contributed by atoms with Crippen LogP contribution in [0.1, 0.15) is 43.4 Å². The third-order valence-electron chi connectivity index (χ3n) is 2.71. The molecule has 1 aromatic carbocycles. The molecule has 1 aromatic rings. The molecular formula is C15H16NO2. The van der Waals surface area contributed by atoms with E-state index >= 15 is 0 Å². The summed E-state index contributed by atoms with van der Waals surface area (Å²) in [6.45, 7) is 3.09. The minimum Gasteiger partial charge on any atom is -0.300 e. The fourth-order valence-corrected chi connectivity index (χ4v) is 1.64. The van der Waals surface area contributed by atoms with Crippen LogP contribution in [0.15, 0.2) is 12.1 Å². The lowest BCUT2D eigenvalue weighted by molar-refractivity contribution is -0.117. The average molecular weight is 242 g/mol. The van der Waals surface area contributed by atoms with E-state index in [1.807, 2.05) is 0 Å². The zero-order valence-corrected chi connectivity index (χ0v) is 10.7. The summed E-state index contributed by atoms with van der Waals surface area (Å²) < 4.78 is 0. The van der Waals surface area contributed by atoms with Gasteiger partial charge in [-0.25, -0.2) is 0 Å². The Morgan fingerprint density at radius 1 is 1.22 bits per heavy atom. The van der Waals surface area contributed by atoms with E-state index in [0.717, 1.165) is 11.1 Å². The molecule has 93 valence electrons. The largest absolute Gasteiger partial charge is 0.300 e. The lowest BCUT2D eigenvalue weighted by atomic mass is 9.98. The lowest BCUT2D eigenvalue weighted by Crippen LogP contribution is -1.99. The summed E-state index contributed by atoms with van der Waals surface area (Å²) in [6, 6.07) is 8.73. The van der Waals surface area contributed by atoms with Crippen molar-refractivity contribution in [3.8, 4) is 6.07 Å². The van der Waals surface area contributed by atoms with Crippen LogP contribution in [0.25, 0.3) is 0 Å². The van der Waals surface area contributed by atoms with Gasteiger partial charge in [-0.3, -0.25) is 0 Å². The van der Waals surface area contributed by atoms with Crippen LogP contribution < -0.4 is 0 Å². The highest BCUT2D eigenvalue weighted by atomic mass is 16.1. The first-order valence-electron chi connectivity index (χ1n) is 5.95. The monoisotopic (exact) mass is 242 g/mol. The smallest absolute Gasteiger partial charge is 0.130 e. The normalized spacial score (nSPS) is 9.83. The van der Waals surface area contributed by atoms with Crippen LogP contribution in [-0.2, 0) is 22.4 Å². The average Bonchev–Trinajstić information content (AvgIpc) is 2.34. The number of hydrogen-bond acceptors (Lipinski definition) is 3. The van der Waals surface area contributed by atoms with Crippen LogP contribution in [-0.4, -0.2) is 11.6 Å². The molecular weight excluding hydrogens is 226 g/mol. The molecule has 3 nitrogen and oxygen atoms in total. The van der Waals surface area contributed by atoms with Crippen LogP contribution in [0.2, 0.25) is 0 Å². The summed E-state index contributed by atoms with van der Waals surface area (Å²) in [7, 11) is 0. The number of nitrogens with zero attached hydrogens (tertiary/aromatic N) is 1. The van der Waals surface area contributed by atoms with Crippen molar-refractivity contribution in [1.29, 1.82) is 5.26 Å². The minimum atomic E-state index is 0.111. The second kappa shape index (κ2) is 6.70. The molecule has 0 fully saturated rings. The quantitative estimate of drug-likeness (QED) is 0.769. The van der Waals surface area contributed by atoms with Gasteiger partial charge >= 0.3 is 0 Å². The summed E-state index contributed by atoms with van der Waals surface area (Å²) in [5, 5.41) is 9.07. The molecule has 18 heavy (non-hydrogen) atoms. The molecule has 0 N–H and O–H groups in total. The molecule has 1 radical (unpaired) electrons. The Balaban J connectivity index is 2.80. The van der Waals surface area contributed by atoms with Crippen molar-refractivity contribution in [2.75, 3.05) is 0 Å². The van der Waals surface area contributed by atoms with Gasteiger partial charge in [0, 0.05) is 12.8 Å². The summed E-state index contributed by atoms with van der Waals surface area (Å²) in [6.07, 6.45) is 2.09. The van der Waals surface area contributed by atoms with E-state index in [-0.39, 0.29) is 11.6 Å². The molecule has 0 atom stereocenters. The number of nitriles is 1. The zero-order chi connectivity index (χ0) is 13.5. The van der Waals surface area contributed by atoms with Crippen molar-refractivity contribution in [2.24, 2.45) is 0 Å². The fourth-order valence-electron chi connectivity index (χ4n) is 1.64. The van der Waals surface area contributed by atoms with Crippen molar-refractivity contribution >= 4 is 11.6 Å². The summed E-state index contributed by atoms with van der Waals surface area (Å²) >= 11 is 0. The Labute approximate surface area is 107 Å². The number of Topliss-reactive ketones (excluding diaryl/α,β-unsaturated/α-hetero) is 2. The Hall–Kier alpha value is -1.95. The number of aryl methyl sites for hydroxylation is 2. The maximum absolute atomic E-state index is 10.9. The van der Waals surface area contributed by atoms with Gasteiger partial charge in [0.25, 0.3) is 0 Å². The van der Waals surface area contributed by atoms with E-state index in [1.165, 1.54) is 6.92 Å². The Morgan fingerprint density at radius 3 is 2.39 bits per heavy atom. The van der Waals surface area contributed by atoms with E-state index in [4.69, 9.17) is 5.26 Å². The van der Waals surface area contributed by atoms with Crippen molar-refractivity contribution < 1.29 is 9.59 Å². The molecule has 0 heterocycles. The van der Waals surface area contributed by atoms with E-state index < -0.39 is 0 Å². The highest BCUT2D eigenvalue weighted by Crippen LogP contribution is 2.14. The van der Waals surface area contributed by atoms with E-state index in [2.05, 4.69) is 12.1 Å². The van der Waals surface area contributed by atoms with Gasteiger partial charge in [0.05, 0.1) is 11.6 Å². The van der Waals surface area contributed by atoms with Gasteiger partial charge in [-0.15, -0.1) is 0 Å². The number of benzene rings is 1. The summed E-state index contributed by atoms with van der Waals surface area (Å²) in [5.41, 5.74) is 2.29. The van der Waals surface area contributed by atoms with Crippen LogP contribution in [0.5, 0.6) is 0 Å². The third kappa shape index (κ3) is 4.50. The van der Waals surface area contributed by atoms with Crippen molar-refractivity contribution in [3.05, 3.63) is 34.9 Å². The molecule has 1 rings (SSSR count). The van der Waals surface area contributed by atoms with E-state index in [1.54, 1.807) is 19.1 Å². The van der Waals surface area contributed by atoms with Crippen molar-refractivity contribution in [3.63, 3.8) is 0 Å². The molecule has 0 bridgehead atoms. The first-order valence-corrected chi connectivity index (χ1v) is 5.95. The second-order valence-corrected chi connectivity index (χ2v) is 4.41. The van der Waals surface area contributed by atoms with E-state index in [9.17, 15) is 9.59 Å². The zero-order valence-electron chi connectivity index (χ0n) is 10.7. The molecule has 0 saturated carbocycles. The van der Waals surface area contributed by atoms with Gasteiger partial charge in [0.15, 0.2) is 0 Å².